The number of piperidine rings is 1. The maximum absolute atomic E-state index is 13.6. The van der Waals surface area contributed by atoms with E-state index in [1.54, 1.807) is 6.07 Å². The summed E-state index contributed by atoms with van der Waals surface area (Å²) in [7, 11) is 0. The predicted octanol–water partition coefficient (Wildman–Crippen LogP) is 5.01. The number of fused-ring (bicyclic) bond motifs is 1. The van der Waals surface area contributed by atoms with Crippen molar-refractivity contribution in [1.29, 1.82) is 0 Å². The fourth-order valence-corrected chi connectivity index (χ4v) is 4.38. The highest BCUT2D eigenvalue weighted by atomic mass is 127. The molecule has 1 aromatic heterocycles. The molecule has 0 spiro atoms. The highest BCUT2D eigenvalue weighted by molar-refractivity contribution is 14.0. The molecule has 1 aromatic carbocycles. The Kier molecular flexibility index (Phi) is 9.61. The zero-order valence-corrected chi connectivity index (χ0v) is 21.4. The predicted molar refractivity (Wildman–Crippen MR) is 135 cm³/mol. The Labute approximate surface area is 206 Å². The highest BCUT2D eigenvalue weighted by Gasteiger charge is 2.24. The molecule has 1 unspecified atom stereocenters. The summed E-state index contributed by atoms with van der Waals surface area (Å²) < 4.78 is 31.4. The Hall–Kier alpha value is -1.39. The third-order valence-corrected chi connectivity index (χ3v) is 6.24. The number of benzene rings is 1. The summed E-state index contributed by atoms with van der Waals surface area (Å²) in [4.78, 5) is 7.10. The zero-order chi connectivity index (χ0) is 21.6. The zero-order valence-electron chi connectivity index (χ0n) is 19.1. The summed E-state index contributed by atoms with van der Waals surface area (Å²) in [6, 6.07) is 4.63. The number of hydrogen-bond acceptors (Lipinski definition) is 4. The van der Waals surface area contributed by atoms with Crippen LogP contribution in [0.4, 0.5) is 4.39 Å². The van der Waals surface area contributed by atoms with E-state index in [1.807, 2.05) is 6.92 Å². The first kappa shape index (κ1) is 25.2. The first-order valence-electron chi connectivity index (χ1n) is 11.6. The monoisotopic (exact) mass is 559 g/mol. The van der Waals surface area contributed by atoms with Gasteiger partial charge in [-0.3, -0.25) is 0 Å². The minimum Gasteiger partial charge on any atom is -0.459 e. The van der Waals surface area contributed by atoms with Gasteiger partial charge in [0.15, 0.2) is 5.96 Å². The minimum absolute atomic E-state index is 0. The van der Waals surface area contributed by atoms with E-state index in [9.17, 15) is 4.39 Å². The molecule has 0 radical (unpaired) electrons. The van der Waals surface area contributed by atoms with Crippen molar-refractivity contribution in [1.82, 2.24) is 10.2 Å². The van der Waals surface area contributed by atoms with Gasteiger partial charge in [-0.2, -0.15) is 0 Å². The van der Waals surface area contributed by atoms with Gasteiger partial charge in [-0.15, -0.1) is 24.0 Å². The Morgan fingerprint density at radius 3 is 2.78 bits per heavy atom. The van der Waals surface area contributed by atoms with Crippen molar-refractivity contribution in [2.75, 3.05) is 32.8 Å². The molecule has 6 nitrogen and oxygen atoms in total. The summed E-state index contributed by atoms with van der Waals surface area (Å²) in [5.74, 6) is 1.42. The molecule has 0 aliphatic carbocycles. The lowest BCUT2D eigenvalue weighted by molar-refractivity contribution is -0.0721. The van der Waals surface area contributed by atoms with Crippen LogP contribution in [0, 0.1) is 12.7 Å². The Balaban J connectivity index is 0.00000289. The van der Waals surface area contributed by atoms with E-state index in [1.165, 1.54) is 25.0 Å². The molecule has 2 aliphatic rings. The van der Waals surface area contributed by atoms with Crippen LogP contribution in [0.15, 0.2) is 27.6 Å². The Morgan fingerprint density at radius 2 is 2.06 bits per heavy atom. The molecule has 2 fully saturated rings. The molecule has 32 heavy (non-hydrogen) atoms. The van der Waals surface area contributed by atoms with Crippen LogP contribution in [0.5, 0.6) is 0 Å². The van der Waals surface area contributed by atoms with Crippen LogP contribution < -0.4 is 5.32 Å². The van der Waals surface area contributed by atoms with E-state index < -0.39 is 0 Å². The van der Waals surface area contributed by atoms with Gasteiger partial charge in [0.05, 0.1) is 18.8 Å². The van der Waals surface area contributed by atoms with E-state index in [0.717, 1.165) is 68.2 Å². The highest BCUT2D eigenvalue weighted by Crippen LogP contribution is 2.26. The van der Waals surface area contributed by atoms with Crippen LogP contribution in [0.3, 0.4) is 0 Å². The summed E-state index contributed by atoms with van der Waals surface area (Å²) in [5.41, 5.74) is 1.65. The molecule has 2 aliphatic heterocycles. The van der Waals surface area contributed by atoms with Gasteiger partial charge in [-0.25, -0.2) is 9.38 Å². The van der Waals surface area contributed by atoms with Crippen molar-refractivity contribution in [3.8, 4) is 0 Å². The maximum atomic E-state index is 13.6. The smallest absolute Gasteiger partial charge is 0.194 e. The van der Waals surface area contributed by atoms with Gasteiger partial charge >= 0.3 is 0 Å². The first-order chi connectivity index (χ1) is 15.1. The number of likely N-dealkylation sites (tertiary alicyclic amines) is 1. The summed E-state index contributed by atoms with van der Waals surface area (Å²) in [6.45, 7) is 8.67. The number of halogens is 2. The molecule has 1 atom stereocenters. The van der Waals surface area contributed by atoms with Gasteiger partial charge in [0, 0.05) is 37.2 Å². The second kappa shape index (κ2) is 12.2. The molecule has 2 aromatic rings. The number of aryl methyl sites for hydroxylation is 1. The summed E-state index contributed by atoms with van der Waals surface area (Å²) in [6.07, 6.45) is 6.06. The minimum atomic E-state index is -0.250. The molecule has 8 heteroatoms. The van der Waals surface area contributed by atoms with Crippen LogP contribution in [0.2, 0.25) is 0 Å². The molecular formula is C24H35FIN3O3. The number of ether oxygens (including phenoxy) is 2. The Morgan fingerprint density at radius 1 is 1.25 bits per heavy atom. The third kappa shape index (κ3) is 6.35. The largest absolute Gasteiger partial charge is 0.459 e. The van der Waals surface area contributed by atoms with E-state index in [4.69, 9.17) is 18.9 Å². The number of furan rings is 1. The topological polar surface area (TPSA) is 59.2 Å². The molecule has 1 N–H and O–H groups in total. The molecular weight excluding hydrogens is 524 g/mol. The number of aliphatic imine (C=N–C) groups is 1. The van der Waals surface area contributed by atoms with Crippen molar-refractivity contribution >= 4 is 40.9 Å². The van der Waals surface area contributed by atoms with E-state index in [2.05, 4.69) is 17.1 Å². The van der Waals surface area contributed by atoms with Crippen LogP contribution in [-0.2, 0) is 16.0 Å². The number of guanidine groups is 1. The number of nitrogens with one attached hydrogen (secondary N) is 1. The molecule has 0 bridgehead atoms. The van der Waals surface area contributed by atoms with Crippen molar-refractivity contribution in [3.05, 3.63) is 35.3 Å². The summed E-state index contributed by atoms with van der Waals surface area (Å²) >= 11 is 0. The number of rotatable bonds is 6. The van der Waals surface area contributed by atoms with Gasteiger partial charge in [0.2, 0.25) is 0 Å². The molecule has 0 amide bonds. The van der Waals surface area contributed by atoms with Crippen molar-refractivity contribution in [3.63, 3.8) is 0 Å². The quantitative estimate of drug-likeness (QED) is 0.306. The Bertz CT molecular complexity index is 890. The lowest BCUT2D eigenvalue weighted by Crippen LogP contribution is -2.47. The van der Waals surface area contributed by atoms with Crippen LogP contribution in [0.25, 0.3) is 11.0 Å². The van der Waals surface area contributed by atoms with E-state index >= 15 is 0 Å². The van der Waals surface area contributed by atoms with Gasteiger partial charge in [-0.1, -0.05) is 0 Å². The maximum Gasteiger partial charge on any atom is 0.194 e. The fraction of sp³-hybridized carbons (Fsp3) is 0.625. The normalized spacial score (nSPS) is 20.4. The third-order valence-electron chi connectivity index (χ3n) is 6.24. The standard InChI is InChI=1S/C24H34FN3O3.HI/c1-3-26-24(27-15-23-17(2)21-14-18(25)7-8-22(21)31-23)28-11-9-19(10-12-28)30-16-20-6-4-5-13-29-20;/h7-8,14,19-20H,3-6,9-13,15-16H2,1-2H3,(H,26,27);1H. The van der Waals surface area contributed by atoms with Gasteiger partial charge < -0.3 is 24.1 Å². The van der Waals surface area contributed by atoms with Gasteiger partial charge in [0.25, 0.3) is 0 Å². The van der Waals surface area contributed by atoms with E-state index in [-0.39, 0.29) is 42.0 Å². The van der Waals surface area contributed by atoms with Crippen molar-refractivity contribution in [2.24, 2.45) is 4.99 Å². The van der Waals surface area contributed by atoms with E-state index in [0.29, 0.717) is 18.7 Å². The van der Waals surface area contributed by atoms with Crippen LogP contribution >= 0.6 is 24.0 Å². The van der Waals surface area contributed by atoms with Crippen molar-refractivity contribution < 1.29 is 18.3 Å². The lowest BCUT2D eigenvalue weighted by Gasteiger charge is -2.35. The van der Waals surface area contributed by atoms with Gasteiger partial charge in [0.1, 0.15) is 23.7 Å². The second-order valence-corrected chi connectivity index (χ2v) is 8.47. The molecule has 4 rings (SSSR count). The van der Waals surface area contributed by atoms with Crippen LogP contribution in [-0.4, -0.2) is 55.9 Å². The SMILES string of the molecule is CCNC(=NCc1oc2ccc(F)cc2c1C)N1CCC(OCC2CCCCO2)CC1.I. The average Bonchev–Trinajstić information content (AvgIpc) is 3.11. The number of hydrogen-bond donors (Lipinski definition) is 1. The number of nitrogens with zero attached hydrogens (tertiary/aromatic N) is 2. The van der Waals surface area contributed by atoms with Gasteiger partial charge in [-0.05, 0) is 64.2 Å². The molecule has 2 saturated heterocycles. The van der Waals surface area contributed by atoms with Crippen molar-refractivity contribution in [2.45, 2.75) is 64.7 Å². The van der Waals surface area contributed by atoms with Crippen LogP contribution in [0.1, 0.15) is 50.4 Å². The summed E-state index contributed by atoms with van der Waals surface area (Å²) in [5, 5.41) is 4.21. The second-order valence-electron chi connectivity index (χ2n) is 8.47. The molecule has 178 valence electrons. The fourth-order valence-electron chi connectivity index (χ4n) is 4.38. The molecule has 3 heterocycles. The first-order valence-corrected chi connectivity index (χ1v) is 11.6. The average molecular weight is 559 g/mol. The molecule has 0 saturated carbocycles. The lowest BCUT2D eigenvalue weighted by atomic mass is 10.1.